The second kappa shape index (κ2) is 5.14. The fourth-order valence-corrected chi connectivity index (χ4v) is 1.73. The van der Waals surface area contributed by atoms with Crippen LogP contribution in [0, 0.1) is 0 Å². The topological polar surface area (TPSA) is 43.4 Å². The summed E-state index contributed by atoms with van der Waals surface area (Å²) in [6.07, 6.45) is -3.77. The highest BCUT2D eigenvalue weighted by atomic mass is 35.7. The van der Waals surface area contributed by atoms with Crippen LogP contribution in [0.15, 0.2) is 29.2 Å². The SMILES string of the molecule is O=S(=O)(Cl)c1ccc(OC(F)(F)C(Cl)Cl)cc1. The van der Waals surface area contributed by atoms with E-state index in [0.717, 1.165) is 24.3 Å². The van der Waals surface area contributed by atoms with Crippen LogP contribution in [0.2, 0.25) is 0 Å². The summed E-state index contributed by atoms with van der Waals surface area (Å²) in [5.74, 6) is -0.287. The Morgan fingerprint density at radius 2 is 1.65 bits per heavy atom. The van der Waals surface area contributed by atoms with Crippen LogP contribution in [0.1, 0.15) is 0 Å². The summed E-state index contributed by atoms with van der Waals surface area (Å²) < 4.78 is 51.8. The third-order valence-electron chi connectivity index (χ3n) is 1.61. The van der Waals surface area contributed by atoms with E-state index in [2.05, 4.69) is 4.74 Å². The van der Waals surface area contributed by atoms with Crippen LogP contribution < -0.4 is 4.74 Å². The van der Waals surface area contributed by atoms with E-state index in [0.29, 0.717) is 0 Å². The minimum atomic E-state index is -3.90. The molecule has 0 fully saturated rings. The third kappa shape index (κ3) is 4.13. The molecule has 0 heterocycles. The van der Waals surface area contributed by atoms with E-state index < -0.39 is 20.0 Å². The highest BCUT2D eigenvalue weighted by Crippen LogP contribution is 2.30. The van der Waals surface area contributed by atoms with E-state index in [-0.39, 0.29) is 10.6 Å². The van der Waals surface area contributed by atoms with Gasteiger partial charge in [0, 0.05) is 10.7 Å². The van der Waals surface area contributed by atoms with E-state index in [1.165, 1.54) is 0 Å². The molecule has 96 valence electrons. The average molecular weight is 326 g/mol. The van der Waals surface area contributed by atoms with Gasteiger partial charge in [-0.05, 0) is 24.3 Å². The van der Waals surface area contributed by atoms with E-state index >= 15 is 0 Å². The number of halogens is 5. The number of benzene rings is 1. The van der Waals surface area contributed by atoms with Gasteiger partial charge in [0.25, 0.3) is 9.05 Å². The maximum absolute atomic E-state index is 12.9. The molecule has 0 spiro atoms. The first kappa shape index (κ1) is 14.8. The summed E-state index contributed by atoms with van der Waals surface area (Å²) >= 11 is 9.99. The van der Waals surface area contributed by atoms with E-state index in [9.17, 15) is 17.2 Å². The van der Waals surface area contributed by atoms with E-state index in [1.807, 2.05) is 0 Å². The zero-order valence-corrected chi connectivity index (χ0v) is 11.0. The van der Waals surface area contributed by atoms with Crippen LogP contribution in [-0.2, 0) is 9.05 Å². The van der Waals surface area contributed by atoms with Crippen LogP contribution in [0.3, 0.4) is 0 Å². The maximum atomic E-state index is 12.9. The molecule has 0 radical (unpaired) electrons. The molecule has 0 aliphatic heterocycles. The van der Waals surface area contributed by atoms with Crippen molar-refractivity contribution in [2.75, 3.05) is 0 Å². The average Bonchev–Trinajstić information content (AvgIpc) is 2.16. The van der Waals surface area contributed by atoms with E-state index in [4.69, 9.17) is 33.9 Å². The lowest BCUT2D eigenvalue weighted by molar-refractivity contribution is -0.163. The molecule has 0 atom stereocenters. The summed E-state index contributed by atoms with van der Waals surface area (Å²) in [4.78, 5) is -2.28. The second-order valence-corrected chi connectivity index (χ2v) is 6.54. The molecule has 0 aliphatic carbocycles. The normalized spacial score (nSPS) is 12.8. The summed E-state index contributed by atoms with van der Waals surface area (Å²) in [6, 6.07) is 4.06. The lowest BCUT2D eigenvalue weighted by atomic mass is 10.3. The molecular formula is C8H5Cl3F2O3S. The van der Waals surface area contributed by atoms with Gasteiger partial charge in [-0.2, -0.15) is 8.78 Å². The number of hydrogen-bond donors (Lipinski definition) is 0. The molecule has 0 N–H and O–H groups in total. The summed E-state index contributed by atoms with van der Waals surface area (Å²) in [6.45, 7) is 0. The van der Waals surface area contributed by atoms with Crippen LogP contribution >= 0.6 is 33.9 Å². The Morgan fingerprint density at radius 3 is 2.00 bits per heavy atom. The minimum Gasteiger partial charge on any atom is -0.431 e. The van der Waals surface area contributed by atoms with Crippen molar-refractivity contribution in [3.8, 4) is 5.75 Å². The maximum Gasteiger partial charge on any atom is 0.428 e. The molecule has 1 rings (SSSR count). The largest absolute Gasteiger partial charge is 0.431 e. The Kier molecular flexibility index (Phi) is 4.46. The molecule has 1 aromatic carbocycles. The Balaban J connectivity index is 2.90. The van der Waals surface area contributed by atoms with Crippen LogP contribution in [-0.4, -0.2) is 19.4 Å². The molecule has 0 bridgehead atoms. The number of rotatable bonds is 4. The van der Waals surface area contributed by atoms with Crippen molar-refractivity contribution in [3.63, 3.8) is 0 Å². The first-order valence-corrected chi connectivity index (χ1v) is 7.21. The molecule has 1 aromatic rings. The van der Waals surface area contributed by atoms with Crippen molar-refractivity contribution in [2.45, 2.75) is 15.8 Å². The van der Waals surface area contributed by atoms with Gasteiger partial charge in [-0.3, -0.25) is 0 Å². The zero-order valence-electron chi connectivity index (χ0n) is 7.91. The second-order valence-electron chi connectivity index (χ2n) is 2.87. The number of hydrogen-bond acceptors (Lipinski definition) is 3. The molecule has 0 aromatic heterocycles. The summed E-state index contributed by atoms with van der Waals surface area (Å²) in [5.41, 5.74) is 0. The fourth-order valence-electron chi connectivity index (χ4n) is 0.872. The molecule has 3 nitrogen and oxygen atoms in total. The smallest absolute Gasteiger partial charge is 0.428 e. The number of ether oxygens (including phenoxy) is 1. The van der Waals surface area contributed by atoms with Gasteiger partial charge in [-0.1, -0.05) is 23.2 Å². The number of alkyl halides is 4. The Bertz CT molecular complexity index is 487. The molecule has 0 aliphatic rings. The van der Waals surface area contributed by atoms with Crippen molar-refractivity contribution < 1.29 is 21.9 Å². The van der Waals surface area contributed by atoms with E-state index in [1.54, 1.807) is 0 Å². The lowest BCUT2D eigenvalue weighted by Gasteiger charge is -2.18. The van der Waals surface area contributed by atoms with Crippen molar-refractivity contribution in [1.29, 1.82) is 0 Å². The summed E-state index contributed by atoms with van der Waals surface area (Å²) in [5, 5.41) is 0. The predicted molar refractivity (Wildman–Crippen MR) is 60.5 cm³/mol. The van der Waals surface area contributed by atoms with Gasteiger partial charge in [0.05, 0.1) is 4.90 Å². The Hall–Kier alpha value is -0.300. The van der Waals surface area contributed by atoms with Crippen molar-refractivity contribution in [2.24, 2.45) is 0 Å². The van der Waals surface area contributed by atoms with Crippen LogP contribution in [0.5, 0.6) is 5.75 Å². The standard InChI is InChI=1S/C8H5Cl3F2O3S/c9-7(10)8(12,13)16-5-1-3-6(4-2-5)17(11,14)15/h1-4,7H. The quantitative estimate of drug-likeness (QED) is 0.629. The molecule has 0 saturated carbocycles. The highest BCUT2D eigenvalue weighted by molar-refractivity contribution is 8.13. The molecule has 0 amide bonds. The van der Waals surface area contributed by atoms with Crippen molar-refractivity contribution >= 4 is 42.9 Å². The van der Waals surface area contributed by atoms with Gasteiger partial charge >= 0.3 is 6.11 Å². The Labute approximate surface area is 111 Å². The first-order valence-electron chi connectivity index (χ1n) is 4.02. The van der Waals surface area contributed by atoms with Crippen LogP contribution in [0.4, 0.5) is 8.78 Å². The zero-order chi connectivity index (χ0) is 13.3. The van der Waals surface area contributed by atoms with Crippen LogP contribution in [0.25, 0.3) is 0 Å². The Morgan fingerprint density at radius 1 is 1.18 bits per heavy atom. The van der Waals surface area contributed by atoms with Gasteiger partial charge < -0.3 is 4.74 Å². The lowest BCUT2D eigenvalue weighted by Crippen LogP contribution is -2.32. The monoisotopic (exact) mass is 324 g/mol. The van der Waals surface area contributed by atoms with Gasteiger partial charge in [0.2, 0.25) is 4.84 Å². The molecular weight excluding hydrogens is 321 g/mol. The molecule has 0 unspecified atom stereocenters. The molecule has 0 saturated heterocycles. The van der Waals surface area contributed by atoms with Crippen molar-refractivity contribution in [3.05, 3.63) is 24.3 Å². The van der Waals surface area contributed by atoms with Gasteiger partial charge in [-0.15, -0.1) is 0 Å². The highest BCUT2D eigenvalue weighted by Gasteiger charge is 2.40. The van der Waals surface area contributed by atoms with Gasteiger partial charge in [0.1, 0.15) is 5.75 Å². The first-order chi connectivity index (χ1) is 7.63. The van der Waals surface area contributed by atoms with Gasteiger partial charge in [-0.25, -0.2) is 8.42 Å². The minimum absolute atomic E-state index is 0.233. The summed E-state index contributed by atoms with van der Waals surface area (Å²) in [7, 11) is 1.13. The van der Waals surface area contributed by atoms with Gasteiger partial charge in [0.15, 0.2) is 0 Å². The third-order valence-corrected chi connectivity index (χ3v) is 3.49. The molecule has 17 heavy (non-hydrogen) atoms. The molecule has 9 heteroatoms. The fraction of sp³-hybridized carbons (Fsp3) is 0.250. The predicted octanol–water partition coefficient (Wildman–Crippen LogP) is 3.39. The van der Waals surface area contributed by atoms with Crippen molar-refractivity contribution in [1.82, 2.24) is 0 Å².